The normalized spacial score (nSPS) is 14.2. The lowest BCUT2D eigenvalue weighted by Gasteiger charge is -2.13. The first-order valence-corrected chi connectivity index (χ1v) is 9.01. The van der Waals surface area contributed by atoms with Crippen molar-refractivity contribution in [3.8, 4) is 21.9 Å². The Kier molecular flexibility index (Phi) is 4.22. The molecule has 0 aliphatic carbocycles. The molecule has 1 aliphatic heterocycles. The minimum absolute atomic E-state index is 0.0990. The highest BCUT2D eigenvalue weighted by Gasteiger charge is 2.24. The number of anilines is 1. The van der Waals surface area contributed by atoms with Gasteiger partial charge in [-0.25, -0.2) is 0 Å². The van der Waals surface area contributed by atoms with E-state index in [9.17, 15) is 4.79 Å². The zero-order valence-electron chi connectivity index (χ0n) is 14.4. The summed E-state index contributed by atoms with van der Waals surface area (Å²) in [5.74, 6) is 1.19. The summed E-state index contributed by atoms with van der Waals surface area (Å²) in [6.45, 7) is 0. The molecular formula is C21H17NO3S. The van der Waals surface area contributed by atoms with Gasteiger partial charge in [-0.1, -0.05) is 24.3 Å². The van der Waals surface area contributed by atoms with Crippen molar-refractivity contribution in [2.75, 3.05) is 19.5 Å². The van der Waals surface area contributed by atoms with Crippen molar-refractivity contribution >= 4 is 34.6 Å². The lowest BCUT2D eigenvalue weighted by Crippen LogP contribution is -2.03. The van der Waals surface area contributed by atoms with E-state index in [1.54, 1.807) is 25.6 Å². The van der Waals surface area contributed by atoms with Gasteiger partial charge in [-0.2, -0.15) is 0 Å². The van der Waals surface area contributed by atoms with E-state index in [-0.39, 0.29) is 5.91 Å². The second kappa shape index (κ2) is 6.69. The van der Waals surface area contributed by atoms with E-state index in [4.69, 9.17) is 9.47 Å². The molecule has 0 atom stereocenters. The Balaban J connectivity index is 1.92. The van der Waals surface area contributed by atoms with E-state index in [0.29, 0.717) is 17.1 Å². The summed E-state index contributed by atoms with van der Waals surface area (Å²) >= 11 is 1.64. The molecule has 2 aromatic carbocycles. The Labute approximate surface area is 155 Å². The molecule has 130 valence electrons. The highest BCUT2D eigenvalue weighted by Crippen LogP contribution is 2.40. The van der Waals surface area contributed by atoms with Crippen LogP contribution in [0.4, 0.5) is 5.69 Å². The molecular weight excluding hydrogens is 346 g/mol. The number of amides is 1. The molecule has 1 amide bonds. The van der Waals surface area contributed by atoms with Crippen LogP contribution in [-0.4, -0.2) is 20.1 Å². The number of para-hydroxylation sites is 1. The molecule has 4 rings (SSSR count). The molecule has 5 heteroatoms. The van der Waals surface area contributed by atoms with Crippen LogP contribution in [0.5, 0.6) is 11.5 Å². The smallest absolute Gasteiger partial charge is 0.256 e. The largest absolute Gasteiger partial charge is 0.493 e. The number of fused-ring (bicyclic) bond motifs is 1. The van der Waals surface area contributed by atoms with Gasteiger partial charge in [0.2, 0.25) is 0 Å². The number of carbonyl (C=O) groups excluding carboxylic acids is 1. The summed E-state index contributed by atoms with van der Waals surface area (Å²) in [5.41, 5.74) is 4.30. The standard InChI is InChI=1S/C21H17NO3S/c1-24-18-11-13(15(12-19(18)25-2)20-8-5-9-26-20)10-16-14-6-3-4-7-17(14)22-21(16)23/h3-12H,1-2H3,(H,22,23). The minimum atomic E-state index is -0.0990. The summed E-state index contributed by atoms with van der Waals surface area (Å²) in [4.78, 5) is 13.6. The molecule has 4 nitrogen and oxygen atoms in total. The number of nitrogens with one attached hydrogen (secondary N) is 1. The average Bonchev–Trinajstić information content (AvgIpc) is 3.30. The van der Waals surface area contributed by atoms with E-state index >= 15 is 0 Å². The Morgan fingerprint density at radius 2 is 1.73 bits per heavy atom. The average molecular weight is 363 g/mol. The number of thiophene rings is 1. The Morgan fingerprint density at radius 1 is 0.962 bits per heavy atom. The third-order valence-electron chi connectivity index (χ3n) is 4.35. The first kappa shape index (κ1) is 16.4. The second-order valence-electron chi connectivity index (χ2n) is 5.83. The number of hydrogen-bond acceptors (Lipinski definition) is 4. The summed E-state index contributed by atoms with van der Waals surface area (Å²) in [7, 11) is 3.23. The molecule has 0 bridgehead atoms. The number of ether oxygens (including phenoxy) is 2. The number of benzene rings is 2. The molecule has 1 N–H and O–H groups in total. The maximum atomic E-state index is 12.5. The van der Waals surface area contributed by atoms with E-state index in [2.05, 4.69) is 11.4 Å². The Morgan fingerprint density at radius 3 is 2.46 bits per heavy atom. The van der Waals surface area contributed by atoms with Crippen LogP contribution in [-0.2, 0) is 4.79 Å². The van der Waals surface area contributed by atoms with Crippen LogP contribution in [0.25, 0.3) is 22.1 Å². The fraction of sp³-hybridized carbons (Fsp3) is 0.0952. The van der Waals surface area contributed by atoms with Crippen molar-refractivity contribution in [2.45, 2.75) is 0 Å². The number of carbonyl (C=O) groups is 1. The van der Waals surface area contributed by atoms with Crippen molar-refractivity contribution < 1.29 is 14.3 Å². The zero-order valence-corrected chi connectivity index (χ0v) is 15.2. The van der Waals surface area contributed by atoms with Crippen molar-refractivity contribution in [1.82, 2.24) is 0 Å². The molecule has 0 fully saturated rings. The van der Waals surface area contributed by atoms with Gasteiger partial charge in [0.15, 0.2) is 11.5 Å². The predicted molar refractivity (Wildman–Crippen MR) is 106 cm³/mol. The maximum Gasteiger partial charge on any atom is 0.256 e. The molecule has 0 spiro atoms. The van der Waals surface area contributed by atoms with Gasteiger partial charge < -0.3 is 14.8 Å². The van der Waals surface area contributed by atoms with Crippen molar-refractivity contribution in [3.05, 3.63) is 65.0 Å². The molecule has 26 heavy (non-hydrogen) atoms. The zero-order chi connectivity index (χ0) is 18.1. The van der Waals surface area contributed by atoms with Crippen LogP contribution < -0.4 is 14.8 Å². The van der Waals surface area contributed by atoms with E-state index in [0.717, 1.165) is 27.3 Å². The van der Waals surface area contributed by atoms with Gasteiger partial charge in [-0.3, -0.25) is 4.79 Å². The number of methoxy groups -OCH3 is 2. The van der Waals surface area contributed by atoms with Gasteiger partial charge in [0.25, 0.3) is 5.91 Å². The highest BCUT2D eigenvalue weighted by atomic mass is 32.1. The molecule has 0 radical (unpaired) electrons. The van der Waals surface area contributed by atoms with E-state index in [1.165, 1.54) is 0 Å². The van der Waals surface area contributed by atoms with Gasteiger partial charge in [0.05, 0.1) is 14.2 Å². The van der Waals surface area contributed by atoms with Crippen LogP contribution >= 0.6 is 11.3 Å². The van der Waals surface area contributed by atoms with Crippen LogP contribution in [0.15, 0.2) is 53.9 Å². The predicted octanol–water partition coefficient (Wildman–Crippen LogP) is 4.93. The van der Waals surface area contributed by atoms with Crippen LogP contribution in [0.2, 0.25) is 0 Å². The van der Waals surface area contributed by atoms with Crippen LogP contribution in [0.1, 0.15) is 11.1 Å². The summed E-state index contributed by atoms with van der Waals surface area (Å²) in [6, 6.07) is 15.6. The molecule has 2 heterocycles. The molecule has 0 unspecified atom stereocenters. The van der Waals surface area contributed by atoms with E-state index in [1.807, 2.05) is 53.9 Å². The maximum absolute atomic E-state index is 12.5. The summed E-state index contributed by atoms with van der Waals surface area (Å²) in [5, 5.41) is 4.94. The number of rotatable bonds is 4. The fourth-order valence-corrected chi connectivity index (χ4v) is 3.86. The Hall–Kier alpha value is -3.05. The van der Waals surface area contributed by atoms with Crippen molar-refractivity contribution in [1.29, 1.82) is 0 Å². The number of hydrogen-bond donors (Lipinski definition) is 1. The van der Waals surface area contributed by atoms with Gasteiger partial charge in [0, 0.05) is 27.3 Å². The van der Waals surface area contributed by atoms with Crippen molar-refractivity contribution in [2.24, 2.45) is 0 Å². The monoisotopic (exact) mass is 363 g/mol. The van der Waals surface area contributed by atoms with Gasteiger partial charge in [0.1, 0.15) is 0 Å². The third kappa shape index (κ3) is 2.76. The molecule has 3 aromatic rings. The minimum Gasteiger partial charge on any atom is -0.493 e. The first-order valence-electron chi connectivity index (χ1n) is 8.13. The lowest BCUT2D eigenvalue weighted by atomic mass is 9.99. The van der Waals surface area contributed by atoms with Crippen molar-refractivity contribution in [3.63, 3.8) is 0 Å². The lowest BCUT2D eigenvalue weighted by molar-refractivity contribution is -0.110. The topological polar surface area (TPSA) is 47.6 Å². The van der Waals surface area contributed by atoms with Gasteiger partial charge in [-0.15, -0.1) is 11.3 Å². The SMILES string of the molecule is COc1cc(C=C2C(=O)Nc3ccccc32)c(-c2cccs2)cc1OC. The van der Waals surface area contributed by atoms with Gasteiger partial charge in [-0.05, 0) is 41.3 Å². The second-order valence-corrected chi connectivity index (χ2v) is 6.78. The summed E-state index contributed by atoms with van der Waals surface area (Å²) < 4.78 is 10.9. The van der Waals surface area contributed by atoms with Crippen LogP contribution in [0, 0.1) is 0 Å². The van der Waals surface area contributed by atoms with Crippen LogP contribution in [0.3, 0.4) is 0 Å². The molecule has 0 saturated carbocycles. The molecule has 0 saturated heterocycles. The molecule has 1 aromatic heterocycles. The highest BCUT2D eigenvalue weighted by molar-refractivity contribution is 7.13. The fourth-order valence-electron chi connectivity index (χ4n) is 3.10. The Bertz CT molecular complexity index is 1010. The first-order chi connectivity index (χ1) is 12.7. The molecule has 1 aliphatic rings. The summed E-state index contributed by atoms with van der Waals surface area (Å²) in [6.07, 6.45) is 1.91. The quantitative estimate of drug-likeness (QED) is 0.669. The third-order valence-corrected chi connectivity index (χ3v) is 5.26. The van der Waals surface area contributed by atoms with Gasteiger partial charge >= 0.3 is 0 Å². The van der Waals surface area contributed by atoms with E-state index < -0.39 is 0 Å².